The van der Waals surface area contributed by atoms with E-state index in [1.165, 1.54) is 33.5 Å². The number of aliphatic hydroxyl groups excluding tert-OH is 1. The van der Waals surface area contributed by atoms with Crippen molar-refractivity contribution in [2.24, 2.45) is 0 Å². The highest BCUT2D eigenvalue weighted by Gasteiger charge is 2.30. The van der Waals surface area contributed by atoms with Gasteiger partial charge in [-0.2, -0.15) is 8.42 Å². The number of aromatic amines is 3. The number of H-pyrrole nitrogens is 3. The van der Waals surface area contributed by atoms with Crippen LogP contribution in [-0.2, 0) is 34.6 Å². The van der Waals surface area contributed by atoms with Crippen LogP contribution in [0.2, 0.25) is 0 Å². The normalized spacial score (nSPS) is 10.4. The van der Waals surface area contributed by atoms with Crippen molar-refractivity contribution in [3.05, 3.63) is 169 Å². The Bertz CT molecular complexity index is 3440. The summed E-state index contributed by atoms with van der Waals surface area (Å²) in [7, 11) is -3.62. The lowest BCUT2D eigenvalue weighted by atomic mass is 10.2. The molecule has 19 nitrogen and oxygen atoms in total. The number of carboxylic acid groups (broad SMARTS) is 1. The Balaban J connectivity index is 0.000000248. The molecule has 7 N–H and O–H groups in total. The Hall–Kier alpha value is -5.16. The first-order chi connectivity index (χ1) is 34.2. The van der Waals surface area contributed by atoms with Gasteiger partial charge in [-0.15, -0.1) is 0 Å². The van der Waals surface area contributed by atoms with Gasteiger partial charge in [0.25, 0.3) is 10.0 Å². The van der Waals surface area contributed by atoms with E-state index in [1.54, 1.807) is 48.5 Å². The third kappa shape index (κ3) is 16.4. The van der Waals surface area contributed by atoms with E-state index in [0.29, 0.717) is 25.9 Å². The van der Waals surface area contributed by atoms with Crippen LogP contribution in [-0.4, -0.2) is 107 Å². The van der Waals surface area contributed by atoms with Gasteiger partial charge in [0.05, 0.1) is 38.9 Å². The minimum atomic E-state index is -4.67. The van der Waals surface area contributed by atoms with Gasteiger partial charge >= 0.3 is 34.3 Å². The zero-order valence-corrected chi connectivity index (χ0v) is 48.5. The van der Waals surface area contributed by atoms with Gasteiger partial charge in [-0.3, -0.25) is 9.11 Å². The van der Waals surface area contributed by atoms with E-state index in [4.69, 9.17) is 32.5 Å². The second-order valence-electron chi connectivity index (χ2n) is 13.9. The maximum absolute atomic E-state index is 13.2. The first-order valence-corrected chi connectivity index (χ1v) is 31.3. The summed E-state index contributed by atoms with van der Waals surface area (Å²) in [4.78, 5) is 54.2. The Morgan fingerprint density at radius 2 is 0.986 bits per heavy atom. The van der Waals surface area contributed by atoms with Crippen molar-refractivity contribution in [2.45, 2.75) is 11.8 Å². The summed E-state index contributed by atoms with van der Waals surface area (Å²) in [6.45, 7) is 1.88. The fourth-order valence-corrected chi connectivity index (χ4v) is 9.76. The quantitative estimate of drug-likeness (QED) is 0.0352. The zero-order chi connectivity index (χ0) is 53.9. The molecule has 0 radical (unpaired) electrons. The molecule has 4 heterocycles. The lowest BCUT2D eigenvalue weighted by Crippen LogP contribution is -2.20. The lowest BCUT2D eigenvalue weighted by Gasteiger charge is -2.11. The number of nitrogens with one attached hydrogen (secondary N) is 3. The van der Waals surface area contributed by atoms with Gasteiger partial charge in [0.15, 0.2) is 5.69 Å². The monoisotopic (exact) mass is 1480 g/mol. The highest BCUT2D eigenvalue weighted by molar-refractivity contribution is 15.0. The van der Waals surface area contributed by atoms with Gasteiger partial charge < -0.3 is 39.4 Å². The van der Waals surface area contributed by atoms with Crippen molar-refractivity contribution in [2.75, 3.05) is 28.4 Å². The van der Waals surface area contributed by atoms with Crippen LogP contribution in [0.3, 0.4) is 0 Å². The van der Waals surface area contributed by atoms with Gasteiger partial charge in [0.2, 0.25) is 0 Å². The summed E-state index contributed by atoms with van der Waals surface area (Å²) in [6.07, 6.45) is 0. The van der Waals surface area contributed by atoms with E-state index in [2.05, 4.69) is 84.2 Å². The molecule has 382 valence electrons. The Kier molecular flexibility index (Phi) is 24.6. The van der Waals surface area contributed by atoms with Crippen LogP contribution in [0.4, 0.5) is 0 Å². The minimum absolute atomic E-state index is 0.0138. The van der Waals surface area contributed by atoms with Gasteiger partial charge in [-0.1, -0.05) is 90.5 Å². The van der Waals surface area contributed by atoms with Crippen molar-refractivity contribution in [3.8, 4) is 0 Å². The van der Waals surface area contributed by atoms with Gasteiger partial charge in [0.1, 0.15) is 17.1 Å². The molecule has 0 aliphatic rings. The number of methoxy groups -OCH3 is 3. The van der Waals surface area contributed by atoms with Crippen molar-refractivity contribution in [1.82, 2.24) is 18.9 Å². The number of aryl methyl sites for hydroxylation is 1. The molecule has 9 aromatic rings. The number of benzene rings is 5. The molecule has 0 fully saturated rings. The lowest BCUT2D eigenvalue weighted by molar-refractivity contribution is 0.0584. The predicted molar refractivity (Wildman–Crippen MR) is 307 cm³/mol. The molecule has 9 rings (SSSR count). The number of nitrogens with zero attached hydrogens (tertiary/aromatic N) is 1. The zero-order valence-electron chi connectivity index (χ0n) is 38.3. The van der Waals surface area contributed by atoms with Crippen LogP contribution in [0.5, 0.6) is 0 Å². The number of carbonyl (C=O) groups excluding carboxylic acids is 3. The third-order valence-corrected chi connectivity index (χ3v) is 13.4. The van der Waals surface area contributed by atoms with Crippen LogP contribution >= 0.6 is 82.4 Å². The number of carbonyl (C=O) groups is 4. The summed E-state index contributed by atoms with van der Waals surface area (Å²) in [5.41, 5.74) is 5.42. The summed E-state index contributed by atoms with van der Waals surface area (Å²) >= 11 is 8.36. The molecule has 0 aliphatic heterocycles. The molecule has 4 aromatic heterocycles. The topological polar surface area (TPSA) is 297 Å². The van der Waals surface area contributed by atoms with E-state index < -0.39 is 32.4 Å². The number of hydrogen-bond donors (Lipinski definition) is 7. The van der Waals surface area contributed by atoms with E-state index >= 15 is 0 Å². The molecular weight excluding hydrogens is 1430 g/mol. The summed E-state index contributed by atoms with van der Waals surface area (Å²) in [5, 5.41) is 19.3. The number of hydrogen-bond acceptors (Lipinski definition) is 12. The summed E-state index contributed by atoms with van der Waals surface area (Å²) in [5.74, 6) is -2.28. The molecule has 0 amide bonds. The van der Waals surface area contributed by atoms with E-state index in [1.807, 2.05) is 102 Å². The maximum atomic E-state index is 13.2. The first-order valence-electron chi connectivity index (χ1n) is 20.0. The Labute approximate surface area is 463 Å². The predicted octanol–water partition coefficient (Wildman–Crippen LogP) is 10.7. The van der Waals surface area contributed by atoms with E-state index in [-0.39, 0.29) is 28.2 Å². The van der Waals surface area contributed by atoms with Crippen LogP contribution in [0.25, 0.3) is 43.6 Å². The average Bonchev–Trinajstić information content (AvgIpc) is 4.17. The fraction of sp³-hybridized carbons (Fsp3) is 0.106. The van der Waals surface area contributed by atoms with Gasteiger partial charge in [-0.25, -0.2) is 31.6 Å². The number of halogens is 4. The van der Waals surface area contributed by atoms with Crippen LogP contribution < -0.4 is 0 Å². The van der Waals surface area contributed by atoms with Crippen LogP contribution in [0, 0.1) is 14.1 Å². The van der Waals surface area contributed by atoms with Crippen molar-refractivity contribution < 1.29 is 69.5 Å². The van der Waals surface area contributed by atoms with Crippen molar-refractivity contribution in [3.63, 3.8) is 0 Å². The molecule has 0 saturated heterocycles. The molecule has 0 spiro atoms. The van der Waals surface area contributed by atoms with Crippen LogP contribution in [0.1, 0.15) is 47.5 Å². The van der Waals surface area contributed by atoms with E-state index in [9.17, 15) is 27.6 Å². The second-order valence-corrected chi connectivity index (χ2v) is 18.7. The molecule has 0 bridgehead atoms. The van der Waals surface area contributed by atoms with Crippen molar-refractivity contribution >= 4 is 170 Å². The van der Waals surface area contributed by atoms with Gasteiger partial charge in [-0.05, 0) is 101 Å². The number of para-hydroxylation sites is 4. The fourth-order valence-electron chi connectivity index (χ4n) is 6.34. The number of aromatic nitrogens is 4. The van der Waals surface area contributed by atoms with Crippen molar-refractivity contribution in [1.29, 1.82) is 0 Å². The molecule has 72 heavy (non-hydrogen) atoms. The molecule has 0 unspecified atom stereocenters. The first kappa shape index (κ1) is 61.1. The van der Waals surface area contributed by atoms with Crippen LogP contribution in [0.15, 0.2) is 138 Å². The number of fused-ring (bicyclic) bond motifs is 4. The number of carboxylic acids is 1. The number of aromatic carboxylic acids is 1. The smallest absolute Gasteiger partial charge is 0.394 e. The highest BCUT2D eigenvalue weighted by atomic mass is 128. The third-order valence-electron chi connectivity index (χ3n) is 9.44. The standard InChI is InChI=1S/C17H14INO4S.C10H8INO2.C10H9NO2.C9H7NO2.CH4O.I2.H2O4S/c1-11-7-9-12(10-8-11)24(21,22)19-14-6-4-3-5-13(14)15(18)16(19)17(20)23-2;1-14-10(13)9-8(11)6-4-2-3-5-7(6)12-9;1-13-10(12)9-6-7-4-2-3-5-8(7)11-9;11-9(12)8-5-6-3-1-2-4-7(6)10-8;2*1-2;1-5(2,3)4/h3-10H,1-2H3;2-5,12H,1H3;2-6,11H,1H3;1-5,10H,(H,11,12);2H,1H3;;(H2,1,2,3,4). The van der Waals surface area contributed by atoms with E-state index in [0.717, 1.165) is 52.9 Å². The summed E-state index contributed by atoms with van der Waals surface area (Å²) in [6, 6.07) is 39.9. The minimum Gasteiger partial charge on any atom is -0.477 e. The SMILES string of the molecule is CO.COC(=O)c1[nH]c2ccccc2c1I.COC(=O)c1c(I)c2ccccc2n1S(=O)(=O)c1ccc(C)cc1.COC(=O)c1cc2ccccc2[nH]1.II.O=C(O)c1cc2ccccc2[nH]1.O=S(=O)(O)O. The maximum Gasteiger partial charge on any atom is 0.394 e. The summed E-state index contributed by atoms with van der Waals surface area (Å²) < 4.78 is 74.5. The highest BCUT2D eigenvalue weighted by Crippen LogP contribution is 2.32. The molecule has 0 aliphatic carbocycles. The molecule has 25 heteroatoms. The molecule has 0 atom stereocenters. The molecule has 5 aromatic carbocycles. The number of esters is 3. The molecule has 0 saturated carbocycles. The number of ether oxygens (including phenoxy) is 3. The largest absolute Gasteiger partial charge is 0.477 e. The number of rotatable bonds is 6. The molecular formula is C47H44I4N4O15S2. The Morgan fingerprint density at radius 3 is 1.46 bits per heavy atom. The second kappa shape index (κ2) is 28.9. The average molecular weight is 1480 g/mol. The van der Waals surface area contributed by atoms with Gasteiger partial charge in [0, 0.05) is 82.4 Å². The number of aliphatic hydroxyl groups is 1. The Morgan fingerprint density at radius 1 is 0.556 bits per heavy atom.